The van der Waals surface area contributed by atoms with E-state index in [1.807, 2.05) is 0 Å². The molecule has 1 fully saturated rings. The summed E-state index contributed by atoms with van der Waals surface area (Å²) < 4.78 is 13.3. The molecule has 0 bridgehead atoms. The number of allylic oxidation sites excluding steroid dienone is 1. The van der Waals surface area contributed by atoms with Gasteiger partial charge in [0.15, 0.2) is 16.6 Å². The monoisotopic (exact) mass is 384 g/mol. The van der Waals surface area contributed by atoms with Gasteiger partial charge in [0.25, 0.3) is 0 Å². The molecule has 25 heavy (non-hydrogen) atoms. The van der Waals surface area contributed by atoms with Crippen LogP contribution in [0.1, 0.15) is 67.2 Å². The lowest BCUT2D eigenvalue weighted by molar-refractivity contribution is 0.0466. The Hall–Kier alpha value is 0.0938. The second kappa shape index (κ2) is 7.61. The fourth-order valence-corrected chi connectivity index (χ4v) is 5.01. The Kier molecular flexibility index (Phi) is 7.04. The van der Waals surface area contributed by atoms with Gasteiger partial charge in [-0.1, -0.05) is 53.7 Å². The molecule has 1 saturated carbocycles. The van der Waals surface area contributed by atoms with Gasteiger partial charge in [-0.2, -0.15) is 0 Å². The predicted octanol–water partition coefficient (Wildman–Crippen LogP) is 7.15. The van der Waals surface area contributed by atoms with Crippen molar-refractivity contribution in [2.24, 2.45) is 5.41 Å². The molecule has 0 radical (unpaired) electrons. The lowest BCUT2D eigenvalue weighted by Gasteiger charge is -2.45. The minimum atomic E-state index is -1.74. The van der Waals surface area contributed by atoms with Crippen molar-refractivity contribution in [3.05, 3.63) is 12.2 Å². The summed E-state index contributed by atoms with van der Waals surface area (Å²) >= 11 is 0. The van der Waals surface area contributed by atoms with Gasteiger partial charge in [-0.25, -0.2) is 0 Å². The van der Waals surface area contributed by atoms with E-state index in [2.05, 4.69) is 74.3 Å². The van der Waals surface area contributed by atoms with Crippen molar-refractivity contribution in [3.8, 4) is 0 Å². The predicted molar refractivity (Wildman–Crippen MR) is 116 cm³/mol. The maximum absolute atomic E-state index is 6.67. The molecule has 0 aromatic rings. The van der Waals surface area contributed by atoms with Crippen LogP contribution in [-0.2, 0) is 8.85 Å². The van der Waals surface area contributed by atoms with Crippen molar-refractivity contribution in [1.29, 1.82) is 0 Å². The van der Waals surface area contributed by atoms with Gasteiger partial charge < -0.3 is 8.85 Å². The lowest BCUT2D eigenvalue weighted by atomic mass is 9.73. The van der Waals surface area contributed by atoms with E-state index < -0.39 is 16.6 Å². The zero-order valence-electron chi connectivity index (χ0n) is 18.8. The Balaban J connectivity index is 2.91. The van der Waals surface area contributed by atoms with Crippen LogP contribution in [0.4, 0.5) is 0 Å². The lowest BCUT2D eigenvalue weighted by Crippen LogP contribution is -2.48. The molecule has 0 atom stereocenters. The van der Waals surface area contributed by atoms with Gasteiger partial charge in [-0.3, -0.25) is 0 Å². The Morgan fingerprint density at radius 1 is 0.880 bits per heavy atom. The van der Waals surface area contributed by atoms with E-state index in [0.717, 1.165) is 19.6 Å². The third kappa shape index (κ3) is 6.05. The van der Waals surface area contributed by atoms with E-state index in [-0.39, 0.29) is 15.5 Å². The molecule has 4 heteroatoms. The smallest absolute Gasteiger partial charge is 0.192 e. The van der Waals surface area contributed by atoms with E-state index in [1.165, 1.54) is 24.8 Å². The van der Waals surface area contributed by atoms with Gasteiger partial charge in [-0.15, -0.1) is 0 Å². The Labute approximate surface area is 160 Å². The van der Waals surface area contributed by atoms with Crippen molar-refractivity contribution < 1.29 is 8.85 Å². The largest absolute Gasteiger partial charge is 0.416 e. The van der Waals surface area contributed by atoms with E-state index in [1.54, 1.807) is 0 Å². The normalized spacial score (nSPS) is 20.0. The first-order chi connectivity index (χ1) is 11.0. The zero-order valence-corrected chi connectivity index (χ0v) is 20.8. The quantitative estimate of drug-likeness (QED) is 0.357. The molecule has 0 N–H and O–H groups in total. The Morgan fingerprint density at radius 2 is 1.28 bits per heavy atom. The fourth-order valence-electron chi connectivity index (χ4n) is 2.81. The number of hydrogen-bond acceptors (Lipinski definition) is 2. The summed E-state index contributed by atoms with van der Waals surface area (Å²) in [4.78, 5) is 0. The van der Waals surface area contributed by atoms with Crippen molar-refractivity contribution in [2.45, 2.75) is 103 Å². The van der Waals surface area contributed by atoms with Crippen molar-refractivity contribution in [3.63, 3.8) is 0 Å². The molecule has 0 aromatic carbocycles. The van der Waals surface area contributed by atoms with Crippen LogP contribution in [0.25, 0.3) is 0 Å². The summed E-state index contributed by atoms with van der Waals surface area (Å²) in [6.45, 7) is 29.3. The highest BCUT2D eigenvalue weighted by molar-refractivity contribution is 6.74. The minimum absolute atomic E-state index is 0.125. The average molecular weight is 385 g/mol. The molecule has 0 spiro atoms. The van der Waals surface area contributed by atoms with Crippen LogP contribution in [0, 0.1) is 5.41 Å². The van der Waals surface area contributed by atoms with Crippen LogP contribution in [0.3, 0.4) is 0 Å². The molecule has 0 unspecified atom stereocenters. The van der Waals surface area contributed by atoms with Crippen molar-refractivity contribution >= 4 is 16.6 Å². The molecule has 0 aliphatic heterocycles. The van der Waals surface area contributed by atoms with Crippen LogP contribution < -0.4 is 0 Å². The van der Waals surface area contributed by atoms with Crippen LogP contribution in [-0.4, -0.2) is 29.8 Å². The van der Waals surface area contributed by atoms with Gasteiger partial charge >= 0.3 is 0 Å². The summed E-state index contributed by atoms with van der Waals surface area (Å²) in [6, 6.07) is 0. The minimum Gasteiger partial charge on any atom is -0.416 e. The summed E-state index contributed by atoms with van der Waals surface area (Å²) in [5.41, 5.74) is 1.50. The standard InChI is InChI=1S/C21H44O2Si2/c1-18-13-12-14-21(15-18,16-22-24(8,9)19(2,3)4)17-23-25(10,11)20(5,6)7/h1,12-17H2,2-11H3. The average Bonchev–Trinajstić information content (AvgIpc) is 2.41. The third-order valence-electron chi connectivity index (χ3n) is 6.95. The SMILES string of the molecule is C=C1CCCC(CO[Si](C)(C)C(C)(C)C)(CO[Si](C)(C)C(C)(C)C)C1. The van der Waals surface area contributed by atoms with Crippen LogP contribution in [0.5, 0.6) is 0 Å². The van der Waals surface area contributed by atoms with Gasteiger partial charge in [-0.05, 0) is 61.9 Å². The second-order valence-electron chi connectivity index (χ2n) is 11.4. The first kappa shape index (κ1) is 23.1. The van der Waals surface area contributed by atoms with Gasteiger partial charge in [0, 0.05) is 18.6 Å². The van der Waals surface area contributed by atoms with E-state index in [0.29, 0.717) is 0 Å². The Morgan fingerprint density at radius 3 is 1.60 bits per heavy atom. The van der Waals surface area contributed by atoms with Gasteiger partial charge in [0.05, 0.1) is 0 Å². The molecule has 1 aliphatic carbocycles. The maximum Gasteiger partial charge on any atom is 0.192 e. The highest BCUT2D eigenvalue weighted by Gasteiger charge is 2.44. The topological polar surface area (TPSA) is 18.5 Å². The highest BCUT2D eigenvalue weighted by atomic mass is 28.4. The summed E-state index contributed by atoms with van der Waals surface area (Å²) in [5.74, 6) is 0. The molecule has 0 aromatic heterocycles. The summed E-state index contributed by atoms with van der Waals surface area (Å²) in [5, 5.41) is 0.500. The molecule has 0 saturated heterocycles. The van der Waals surface area contributed by atoms with Gasteiger partial charge in [0.2, 0.25) is 0 Å². The van der Waals surface area contributed by atoms with Crippen LogP contribution in [0.15, 0.2) is 12.2 Å². The first-order valence-electron chi connectivity index (χ1n) is 9.96. The molecule has 1 rings (SSSR count). The van der Waals surface area contributed by atoms with Gasteiger partial charge in [0.1, 0.15) is 0 Å². The molecular formula is C21H44O2Si2. The molecule has 2 nitrogen and oxygen atoms in total. The van der Waals surface area contributed by atoms with E-state index in [9.17, 15) is 0 Å². The summed E-state index contributed by atoms with van der Waals surface area (Å²) in [7, 11) is -3.49. The summed E-state index contributed by atoms with van der Waals surface area (Å²) in [6.07, 6.45) is 4.66. The number of hydrogen-bond donors (Lipinski definition) is 0. The van der Waals surface area contributed by atoms with Crippen molar-refractivity contribution in [1.82, 2.24) is 0 Å². The number of rotatable bonds is 6. The Bertz CT molecular complexity index is 437. The van der Waals surface area contributed by atoms with Crippen LogP contribution in [0.2, 0.25) is 36.3 Å². The van der Waals surface area contributed by atoms with E-state index >= 15 is 0 Å². The molecule has 1 aliphatic rings. The van der Waals surface area contributed by atoms with Crippen molar-refractivity contribution in [2.75, 3.05) is 13.2 Å². The fraction of sp³-hybridized carbons (Fsp3) is 0.905. The van der Waals surface area contributed by atoms with Crippen LogP contribution >= 0.6 is 0 Å². The maximum atomic E-state index is 6.67. The molecule has 0 amide bonds. The highest BCUT2D eigenvalue weighted by Crippen LogP contribution is 2.45. The molecule has 148 valence electrons. The second-order valence-corrected chi connectivity index (χ2v) is 21.0. The zero-order chi connectivity index (χ0) is 19.7. The first-order valence-corrected chi connectivity index (χ1v) is 15.8. The molecular weight excluding hydrogens is 340 g/mol. The molecule has 0 heterocycles. The van der Waals surface area contributed by atoms with E-state index in [4.69, 9.17) is 8.85 Å². The third-order valence-corrected chi connectivity index (χ3v) is 15.9.